The fraction of sp³-hybridized carbons (Fsp3) is 0.462. The van der Waals surface area contributed by atoms with Crippen molar-refractivity contribution in [3.05, 3.63) is 23.9 Å². The van der Waals surface area contributed by atoms with Crippen LogP contribution in [0, 0.1) is 5.92 Å². The number of aliphatic carboxylic acids is 1. The van der Waals surface area contributed by atoms with E-state index in [9.17, 15) is 22.8 Å². The third kappa shape index (κ3) is 5.27. The van der Waals surface area contributed by atoms with Gasteiger partial charge in [-0.05, 0) is 12.5 Å². The molecule has 128 valence electrons. The highest BCUT2D eigenvalue weighted by atomic mass is 35.5. The molecule has 1 unspecified atom stereocenters. The van der Waals surface area contributed by atoms with E-state index in [1.165, 1.54) is 17.0 Å². The molecule has 0 radical (unpaired) electrons. The quantitative estimate of drug-likeness (QED) is 0.894. The van der Waals surface area contributed by atoms with Crippen molar-refractivity contribution < 1.29 is 32.6 Å². The monoisotopic (exact) mass is 354 g/mol. The minimum atomic E-state index is -4.46. The van der Waals surface area contributed by atoms with E-state index in [1.807, 2.05) is 0 Å². The Labute approximate surface area is 135 Å². The van der Waals surface area contributed by atoms with Crippen LogP contribution in [0.1, 0.15) is 16.8 Å². The minimum absolute atomic E-state index is 0. The van der Waals surface area contributed by atoms with Crippen LogP contribution in [0.4, 0.5) is 13.2 Å². The molecular formula is C13H14ClF3N2O4. The lowest BCUT2D eigenvalue weighted by Crippen LogP contribution is -2.30. The molecule has 0 spiro atoms. The first-order valence-corrected chi connectivity index (χ1v) is 6.44. The first-order chi connectivity index (χ1) is 10.3. The maximum absolute atomic E-state index is 12.1. The topological polar surface area (TPSA) is 79.7 Å². The minimum Gasteiger partial charge on any atom is -0.481 e. The predicted molar refractivity (Wildman–Crippen MR) is 74.7 cm³/mol. The van der Waals surface area contributed by atoms with Crippen LogP contribution in [0.15, 0.2) is 18.3 Å². The standard InChI is InChI=1S/C13H13F3N2O4.ClH/c14-13(15,16)7-22-10-2-1-8(5-17-10)11(19)18-4-3-9(6-18)12(20)21;/h1-2,5,9H,3-4,6-7H2,(H,20,21);1H. The molecule has 2 heterocycles. The number of hydrogen-bond donors (Lipinski definition) is 1. The molecule has 0 aromatic carbocycles. The Morgan fingerprint density at radius 2 is 2.09 bits per heavy atom. The SMILES string of the molecule is Cl.O=C(O)C1CCN(C(=O)c2ccc(OCC(F)(F)F)nc2)C1. The Bertz CT molecular complexity index is 565. The highest BCUT2D eigenvalue weighted by molar-refractivity contribution is 5.94. The summed E-state index contributed by atoms with van der Waals surface area (Å²) in [6, 6.07) is 2.47. The molecule has 1 atom stereocenters. The summed E-state index contributed by atoms with van der Waals surface area (Å²) in [6.45, 7) is -1.03. The van der Waals surface area contributed by atoms with Crippen LogP contribution in [0.3, 0.4) is 0 Å². The van der Waals surface area contributed by atoms with Gasteiger partial charge in [0.05, 0.1) is 11.5 Å². The van der Waals surface area contributed by atoms with Crippen molar-refractivity contribution in [3.8, 4) is 5.88 Å². The average Bonchev–Trinajstić information content (AvgIpc) is 2.94. The van der Waals surface area contributed by atoms with Gasteiger partial charge in [-0.2, -0.15) is 13.2 Å². The number of carbonyl (C=O) groups is 2. The van der Waals surface area contributed by atoms with E-state index in [4.69, 9.17) is 5.11 Å². The van der Waals surface area contributed by atoms with Gasteiger partial charge in [-0.3, -0.25) is 9.59 Å². The van der Waals surface area contributed by atoms with Crippen molar-refractivity contribution in [1.29, 1.82) is 0 Å². The van der Waals surface area contributed by atoms with Crippen molar-refractivity contribution in [1.82, 2.24) is 9.88 Å². The number of carboxylic acids is 1. The van der Waals surface area contributed by atoms with Gasteiger partial charge in [0, 0.05) is 25.4 Å². The summed E-state index contributed by atoms with van der Waals surface area (Å²) >= 11 is 0. The molecule has 1 aromatic heterocycles. The molecular weight excluding hydrogens is 341 g/mol. The number of nitrogens with zero attached hydrogens (tertiary/aromatic N) is 2. The molecule has 0 aliphatic carbocycles. The summed E-state index contributed by atoms with van der Waals surface area (Å²) in [7, 11) is 0. The Kier molecular flexibility index (Phi) is 6.20. The number of carbonyl (C=O) groups excluding carboxylic acids is 1. The van der Waals surface area contributed by atoms with Crippen molar-refractivity contribution in [3.63, 3.8) is 0 Å². The lowest BCUT2D eigenvalue weighted by molar-refractivity contribution is -0.154. The van der Waals surface area contributed by atoms with Crippen LogP contribution < -0.4 is 4.74 Å². The largest absolute Gasteiger partial charge is 0.481 e. The molecule has 1 aromatic rings. The lowest BCUT2D eigenvalue weighted by Gasteiger charge is -2.15. The van der Waals surface area contributed by atoms with Crippen molar-refractivity contribution >= 4 is 24.3 Å². The van der Waals surface area contributed by atoms with Crippen LogP contribution in [-0.2, 0) is 4.79 Å². The molecule has 23 heavy (non-hydrogen) atoms. The molecule has 2 rings (SSSR count). The number of ether oxygens (including phenoxy) is 1. The number of amides is 1. The highest BCUT2D eigenvalue weighted by Gasteiger charge is 2.31. The summed E-state index contributed by atoms with van der Waals surface area (Å²) in [5.74, 6) is -2.19. The number of aromatic nitrogens is 1. The van der Waals surface area contributed by atoms with E-state index in [0.717, 1.165) is 6.20 Å². The summed E-state index contributed by atoms with van der Waals surface area (Å²) in [5.41, 5.74) is 0.172. The van der Waals surface area contributed by atoms with Crippen LogP contribution in [-0.4, -0.2) is 52.7 Å². The zero-order chi connectivity index (χ0) is 16.3. The average molecular weight is 355 g/mol. The van der Waals surface area contributed by atoms with Crippen LogP contribution in [0.2, 0.25) is 0 Å². The van der Waals surface area contributed by atoms with E-state index in [2.05, 4.69) is 9.72 Å². The molecule has 0 bridgehead atoms. The maximum atomic E-state index is 12.1. The second kappa shape index (κ2) is 7.49. The fourth-order valence-electron chi connectivity index (χ4n) is 2.08. The van der Waals surface area contributed by atoms with Gasteiger partial charge in [-0.15, -0.1) is 12.4 Å². The molecule has 6 nitrogen and oxygen atoms in total. The molecule has 1 aliphatic rings. The molecule has 10 heteroatoms. The Balaban J connectivity index is 0.00000264. The van der Waals surface area contributed by atoms with Gasteiger partial charge < -0.3 is 14.7 Å². The smallest absolute Gasteiger partial charge is 0.422 e. The number of hydrogen-bond acceptors (Lipinski definition) is 4. The first kappa shape index (κ1) is 19.0. The van der Waals surface area contributed by atoms with E-state index < -0.39 is 30.6 Å². The zero-order valence-corrected chi connectivity index (χ0v) is 12.6. The third-order valence-electron chi connectivity index (χ3n) is 3.19. The number of rotatable bonds is 4. The second-order valence-corrected chi connectivity index (χ2v) is 4.86. The van der Waals surface area contributed by atoms with Crippen LogP contribution in [0.25, 0.3) is 0 Å². The predicted octanol–water partition coefficient (Wildman–Crippen LogP) is 1.99. The molecule has 1 N–H and O–H groups in total. The van der Waals surface area contributed by atoms with Gasteiger partial charge in [-0.25, -0.2) is 4.98 Å². The number of likely N-dealkylation sites (tertiary alicyclic amines) is 1. The highest BCUT2D eigenvalue weighted by Crippen LogP contribution is 2.20. The summed E-state index contributed by atoms with van der Waals surface area (Å²) in [6.07, 6.45) is -2.97. The van der Waals surface area contributed by atoms with Gasteiger partial charge in [0.2, 0.25) is 5.88 Å². The second-order valence-electron chi connectivity index (χ2n) is 4.86. The number of halogens is 4. The molecule has 1 fully saturated rings. The van der Waals surface area contributed by atoms with E-state index in [-0.39, 0.29) is 30.4 Å². The van der Waals surface area contributed by atoms with E-state index in [1.54, 1.807) is 0 Å². The first-order valence-electron chi connectivity index (χ1n) is 6.44. The van der Waals surface area contributed by atoms with Gasteiger partial charge in [0.1, 0.15) is 0 Å². The van der Waals surface area contributed by atoms with Crippen molar-refractivity contribution in [2.24, 2.45) is 5.92 Å². The van der Waals surface area contributed by atoms with Crippen molar-refractivity contribution in [2.45, 2.75) is 12.6 Å². The lowest BCUT2D eigenvalue weighted by atomic mass is 10.1. The maximum Gasteiger partial charge on any atom is 0.422 e. The Morgan fingerprint density at radius 1 is 1.39 bits per heavy atom. The summed E-state index contributed by atoms with van der Waals surface area (Å²) in [4.78, 5) is 28.0. The van der Waals surface area contributed by atoms with Gasteiger partial charge in [0.25, 0.3) is 5.91 Å². The fourth-order valence-corrected chi connectivity index (χ4v) is 2.08. The Morgan fingerprint density at radius 3 is 2.57 bits per heavy atom. The number of pyridine rings is 1. The zero-order valence-electron chi connectivity index (χ0n) is 11.7. The van der Waals surface area contributed by atoms with Crippen LogP contribution in [0.5, 0.6) is 5.88 Å². The summed E-state index contributed by atoms with van der Waals surface area (Å²) < 4.78 is 40.4. The van der Waals surface area contributed by atoms with E-state index >= 15 is 0 Å². The van der Waals surface area contributed by atoms with E-state index in [0.29, 0.717) is 13.0 Å². The third-order valence-corrected chi connectivity index (χ3v) is 3.19. The molecule has 1 amide bonds. The van der Waals surface area contributed by atoms with Gasteiger partial charge in [-0.1, -0.05) is 0 Å². The molecule has 0 saturated carbocycles. The number of alkyl halides is 3. The van der Waals surface area contributed by atoms with Gasteiger partial charge in [0.15, 0.2) is 6.61 Å². The normalized spacial score (nSPS) is 17.5. The van der Waals surface area contributed by atoms with Crippen LogP contribution >= 0.6 is 12.4 Å². The van der Waals surface area contributed by atoms with Crippen molar-refractivity contribution in [2.75, 3.05) is 19.7 Å². The Hall–Kier alpha value is -2.03. The summed E-state index contributed by atoms with van der Waals surface area (Å²) in [5, 5.41) is 8.89. The molecule has 1 saturated heterocycles. The number of carboxylic acid groups (broad SMARTS) is 1. The van der Waals surface area contributed by atoms with Gasteiger partial charge >= 0.3 is 12.1 Å². The molecule has 1 aliphatic heterocycles.